The number of aromatic hydroxyl groups is 1. The first-order valence-corrected chi connectivity index (χ1v) is 7.70. The van der Waals surface area contributed by atoms with Gasteiger partial charge >= 0.3 is 0 Å². The highest BCUT2D eigenvalue weighted by molar-refractivity contribution is 6.22. The standard InChI is InChI=1S/C18H15NO3/c20-10-3-1-9(2-4-10)19-17(21)15-13-7-8-14(16(15)18(19)22)12-6-5-11(12)13/h1-8,11-16,20H. The summed E-state index contributed by atoms with van der Waals surface area (Å²) < 4.78 is 0. The molecule has 6 rings (SSSR count). The average Bonchev–Trinajstić information content (AvgIpc) is 2.74. The molecule has 4 heteroatoms. The van der Waals surface area contributed by atoms with Crippen LogP contribution in [0.4, 0.5) is 5.69 Å². The molecular formula is C18H15NO3. The number of carbonyl (C=O) groups is 2. The number of hydrogen-bond acceptors (Lipinski definition) is 3. The van der Waals surface area contributed by atoms with Gasteiger partial charge in [-0.2, -0.15) is 0 Å². The average molecular weight is 293 g/mol. The fourth-order valence-corrected chi connectivity index (χ4v) is 4.75. The molecule has 110 valence electrons. The van der Waals surface area contributed by atoms with Crippen LogP contribution in [0.5, 0.6) is 5.75 Å². The van der Waals surface area contributed by atoms with Gasteiger partial charge in [-0.25, -0.2) is 0 Å². The quantitative estimate of drug-likeness (QED) is 0.637. The zero-order chi connectivity index (χ0) is 15.0. The van der Waals surface area contributed by atoms with Crippen molar-refractivity contribution in [3.8, 4) is 5.75 Å². The van der Waals surface area contributed by atoms with Crippen molar-refractivity contribution < 1.29 is 14.7 Å². The van der Waals surface area contributed by atoms with Gasteiger partial charge in [0.2, 0.25) is 11.8 Å². The summed E-state index contributed by atoms with van der Waals surface area (Å²) >= 11 is 0. The lowest BCUT2D eigenvalue weighted by Gasteiger charge is -2.51. The van der Waals surface area contributed by atoms with Gasteiger partial charge in [0.25, 0.3) is 0 Å². The highest BCUT2D eigenvalue weighted by Crippen LogP contribution is 2.58. The summed E-state index contributed by atoms with van der Waals surface area (Å²) in [4.78, 5) is 27.1. The fourth-order valence-electron chi connectivity index (χ4n) is 4.75. The van der Waals surface area contributed by atoms with Gasteiger partial charge in [0.05, 0.1) is 17.5 Å². The van der Waals surface area contributed by atoms with Crippen molar-refractivity contribution in [3.05, 3.63) is 48.6 Å². The predicted octanol–water partition coefficient (Wildman–Crippen LogP) is 2.12. The van der Waals surface area contributed by atoms with Gasteiger partial charge in [-0.1, -0.05) is 24.3 Å². The van der Waals surface area contributed by atoms with Gasteiger partial charge in [0, 0.05) is 0 Å². The Bertz CT molecular complexity index is 708. The molecule has 1 aromatic rings. The van der Waals surface area contributed by atoms with E-state index in [1.807, 2.05) is 0 Å². The van der Waals surface area contributed by atoms with Gasteiger partial charge in [0.15, 0.2) is 0 Å². The number of imide groups is 1. The van der Waals surface area contributed by atoms with Crippen molar-refractivity contribution in [1.29, 1.82) is 0 Å². The topological polar surface area (TPSA) is 57.6 Å². The monoisotopic (exact) mass is 293 g/mol. The highest BCUT2D eigenvalue weighted by atomic mass is 16.3. The third-order valence-corrected chi connectivity index (χ3v) is 5.78. The van der Waals surface area contributed by atoms with E-state index in [4.69, 9.17) is 0 Å². The lowest BCUT2D eigenvalue weighted by Crippen LogP contribution is -2.50. The molecule has 22 heavy (non-hydrogen) atoms. The van der Waals surface area contributed by atoms with E-state index in [9.17, 15) is 14.7 Å². The zero-order valence-corrected chi connectivity index (χ0v) is 11.8. The number of phenolic OH excluding ortho intramolecular Hbond substituents is 1. The lowest BCUT2D eigenvalue weighted by atomic mass is 9.50. The normalized spacial score (nSPS) is 40.6. The molecule has 2 fully saturated rings. The minimum atomic E-state index is -0.220. The summed E-state index contributed by atoms with van der Waals surface area (Å²) in [6.45, 7) is 0. The van der Waals surface area contributed by atoms with E-state index in [1.165, 1.54) is 17.0 Å². The van der Waals surface area contributed by atoms with Crippen LogP contribution in [-0.4, -0.2) is 16.9 Å². The highest BCUT2D eigenvalue weighted by Gasteiger charge is 2.62. The molecular weight excluding hydrogens is 278 g/mol. The van der Waals surface area contributed by atoms with Crippen LogP contribution in [0.15, 0.2) is 48.6 Å². The minimum Gasteiger partial charge on any atom is -0.508 e. The van der Waals surface area contributed by atoms with Crippen LogP contribution in [-0.2, 0) is 9.59 Å². The van der Waals surface area contributed by atoms with Crippen LogP contribution in [0.25, 0.3) is 0 Å². The first kappa shape index (κ1) is 12.2. The maximum atomic E-state index is 12.9. The molecule has 0 radical (unpaired) electrons. The third kappa shape index (κ3) is 1.29. The molecule has 1 heterocycles. The molecule has 0 aromatic heterocycles. The Morgan fingerprint density at radius 3 is 1.64 bits per heavy atom. The van der Waals surface area contributed by atoms with Gasteiger partial charge < -0.3 is 5.11 Å². The summed E-state index contributed by atoms with van der Waals surface area (Å²) in [5.41, 5.74) is 0.557. The van der Waals surface area contributed by atoms with Crippen molar-refractivity contribution >= 4 is 17.5 Å². The first-order valence-electron chi connectivity index (χ1n) is 7.70. The molecule has 1 aromatic carbocycles. The fraction of sp³-hybridized carbons (Fsp3) is 0.333. The first-order chi connectivity index (χ1) is 10.7. The van der Waals surface area contributed by atoms with Gasteiger partial charge in [-0.3, -0.25) is 14.5 Å². The number of allylic oxidation sites excluding steroid dienone is 4. The number of carbonyl (C=O) groups excluding carboxylic acids is 2. The van der Waals surface area contributed by atoms with Crippen molar-refractivity contribution in [3.63, 3.8) is 0 Å². The maximum Gasteiger partial charge on any atom is 0.238 e. The van der Waals surface area contributed by atoms with Crippen molar-refractivity contribution in [2.75, 3.05) is 4.90 Å². The molecule has 5 aliphatic rings. The van der Waals surface area contributed by atoms with Crippen LogP contribution in [0, 0.1) is 35.5 Å². The number of nitrogens with zero attached hydrogens (tertiary/aromatic N) is 1. The van der Waals surface area contributed by atoms with Crippen LogP contribution in [0.3, 0.4) is 0 Å². The number of rotatable bonds is 1. The summed E-state index contributed by atoms with van der Waals surface area (Å²) in [5.74, 6) is 0.680. The number of phenols is 1. The predicted molar refractivity (Wildman–Crippen MR) is 79.8 cm³/mol. The molecule has 1 saturated heterocycles. The van der Waals surface area contributed by atoms with E-state index >= 15 is 0 Å². The number of amides is 2. The molecule has 4 aliphatic carbocycles. The van der Waals surface area contributed by atoms with Gasteiger partial charge in [0.1, 0.15) is 5.75 Å². The van der Waals surface area contributed by atoms with Crippen LogP contribution < -0.4 is 4.90 Å². The molecule has 2 bridgehead atoms. The Balaban J connectivity index is 1.58. The molecule has 1 aliphatic heterocycles. The van der Waals surface area contributed by atoms with E-state index < -0.39 is 0 Å². The van der Waals surface area contributed by atoms with Crippen LogP contribution in [0.2, 0.25) is 0 Å². The van der Waals surface area contributed by atoms with E-state index in [-0.39, 0.29) is 41.2 Å². The Hall–Kier alpha value is -2.36. The Morgan fingerprint density at radius 2 is 1.18 bits per heavy atom. The Labute approximate surface area is 127 Å². The molecule has 6 unspecified atom stereocenters. The smallest absolute Gasteiger partial charge is 0.238 e. The number of anilines is 1. The number of benzene rings is 1. The largest absolute Gasteiger partial charge is 0.508 e. The summed E-state index contributed by atoms with van der Waals surface area (Å²) in [6.07, 6.45) is 8.65. The Morgan fingerprint density at radius 1 is 0.727 bits per heavy atom. The molecule has 0 spiro atoms. The van der Waals surface area contributed by atoms with Crippen molar-refractivity contribution in [2.45, 2.75) is 0 Å². The van der Waals surface area contributed by atoms with E-state index in [2.05, 4.69) is 24.3 Å². The molecule has 1 N–H and O–H groups in total. The van der Waals surface area contributed by atoms with E-state index in [0.717, 1.165) is 0 Å². The van der Waals surface area contributed by atoms with Crippen molar-refractivity contribution in [2.24, 2.45) is 35.5 Å². The van der Waals surface area contributed by atoms with Crippen LogP contribution in [0.1, 0.15) is 0 Å². The molecule has 4 nitrogen and oxygen atoms in total. The second kappa shape index (κ2) is 3.88. The van der Waals surface area contributed by atoms with Gasteiger partial charge in [-0.15, -0.1) is 0 Å². The summed E-state index contributed by atoms with van der Waals surface area (Å²) in [7, 11) is 0. The third-order valence-electron chi connectivity index (χ3n) is 5.78. The zero-order valence-electron chi connectivity index (χ0n) is 11.8. The van der Waals surface area contributed by atoms with E-state index in [1.54, 1.807) is 12.1 Å². The number of hydrogen-bond donors (Lipinski definition) is 1. The Kier molecular flexibility index (Phi) is 2.16. The lowest BCUT2D eigenvalue weighted by molar-refractivity contribution is -0.127. The SMILES string of the molecule is O=C1C2C3C=CC(C4C=CC43)C2C(=O)N1c1ccc(O)cc1. The maximum absolute atomic E-state index is 12.9. The van der Waals surface area contributed by atoms with Gasteiger partial charge in [-0.05, 0) is 47.9 Å². The van der Waals surface area contributed by atoms with Crippen LogP contribution >= 0.6 is 0 Å². The second-order valence-corrected chi connectivity index (χ2v) is 6.66. The van der Waals surface area contributed by atoms with Crippen molar-refractivity contribution in [1.82, 2.24) is 0 Å². The van der Waals surface area contributed by atoms with E-state index in [0.29, 0.717) is 17.5 Å². The molecule has 2 amide bonds. The molecule has 6 atom stereocenters. The summed E-state index contributed by atoms with van der Waals surface area (Å²) in [6, 6.07) is 6.28. The second-order valence-electron chi connectivity index (χ2n) is 6.66. The summed E-state index contributed by atoms with van der Waals surface area (Å²) in [5, 5.41) is 9.40. The minimum absolute atomic E-state index is 0.0845. The molecule has 1 saturated carbocycles.